The molecule has 0 amide bonds. The summed E-state index contributed by atoms with van der Waals surface area (Å²) < 4.78 is 24.2. The molecule has 1 aliphatic rings. The van der Waals surface area contributed by atoms with Crippen LogP contribution >= 0.6 is 11.3 Å². The summed E-state index contributed by atoms with van der Waals surface area (Å²) in [5, 5.41) is 0. The number of nitrogens with zero attached hydrogens (tertiary/aromatic N) is 2. The van der Waals surface area contributed by atoms with Gasteiger partial charge in [0, 0.05) is 5.56 Å². The molecular formula is C32H30N2O6S. The first-order chi connectivity index (χ1) is 20.0. The predicted octanol–water partition coefficient (Wildman–Crippen LogP) is 4.35. The van der Waals surface area contributed by atoms with Gasteiger partial charge in [-0.2, -0.15) is 0 Å². The highest BCUT2D eigenvalue weighted by Crippen LogP contribution is 2.38. The Hall–Kier alpha value is -4.63. The standard InChI is InChI=1S/C32H30N2O6S/c1-5-39-23-14-10-11-20(17-23)18-26-30(35)34-29(22-15-16-24(37-3)25(19-22)38-4)27(31(36)40-6-2)28(33-32(34)41-26)21-12-8-7-9-13-21/h7-19,29H,5-6H2,1-4H3/b26-18-/t29-/m1/s1. The molecule has 0 fully saturated rings. The number of aromatic nitrogens is 1. The molecule has 0 saturated heterocycles. The Morgan fingerprint density at radius 2 is 1.73 bits per heavy atom. The van der Waals surface area contributed by atoms with Crippen LogP contribution in [-0.4, -0.2) is 38.0 Å². The second kappa shape index (κ2) is 12.3. The van der Waals surface area contributed by atoms with Gasteiger partial charge in [0.2, 0.25) is 0 Å². The molecule has 41 heavy (non-hydrogen) atoms. The minimum absolute atomic E-state index is 0.170. The summed E-state index contributed by atoms with van der Waals surface area (Å²) in [5.41, 5.74) is 2.65. The maximum atomic E-state index is 14.1. The van der Waals surface area contributed by atoms with Gasteiger partial charge in [0.25, 0.3) is 5.56 Å². The fourth-order valence-electron chi connectivity index (χ4n) is 4.79. The Bertz CT molecular complexity index is 1790. The van der Waals surface area contributed by atoms with E-state index in [1.54, 1.807) is 37.8 Å². The Balaban J connectivity index is 1.81. The van der Waals surface area contributed by atoms with E-state index < -0.39 is 12.0 Å². The zero-order valence-corrected chi connectivity index (χ0v) is 24.1. The van der Waals surface area contributed by atoms with Crippen LogP contribution in [0.15, 0.2) is 88.2 Å². The van der Waals surface area contributed by atoms with Crippen LogP contribution in [0.3, 0.4) is 0 Å². The maximum absolute atomic E-state index is 14.1. The van der Waals surface area contributed by atoms with Crippen molar-refractivity contribution in [2.45, 2.75) is 19.9 Å². The molecule has 5 rings (SSSR count). The van der Waals surface area contributed by atoms with Crippen LogP contribution in [0.25, 0.3) is 11.8 Å². The largest absolute Gasteiger partial charge is 0.494 e. The Morgan fingerprint density at radius 1 is 0.951 bits per heavy atom. The minimum Gasteiger partial charge on any atom is -0.494 e. The second-order valence-corrected chi connectivity index (χ2v) is 10.1. The normalized spacial score (nSPS) is 14.7. The summed E-state index contributed by atoms with van der Waals surface area (Å²) >= 11 is 1.26. The number of benzene rings is 3. The van der Waals surface area contributed by atoms with E-state index in [0.29, 0.717) is 44.4 Å². The van der Waals surface area contributed by atoms with E-state index in [9.17, 15) is 9.59 Å². The van der Waals surface area contributed by atoms with E-state index in [-0.39, 0.29) is 17.7 Å². The molecule has 1 aliphatic heterocycles. The molecule has 0 aliphatic carbocycles. The van der Waals surface area contributed by atoms with Gasteiger partial charge in [-0.1, -0.05) is 59.9 Å². The van der Waals surface area contributed by atoms with Crippen molar-refractivity contribution in [3.63, 3.8) is 0 Å². The van der Waals surface area contributed by atoms with Crippen molar-refractivity contribution in [3.05, 3.63) is 115 Å². The first-order valence-electron chi connectivity index (χ1n) is 13.2. The summed E-state index contributed by atoms with van der Waals surface area (Å²) in [5.74, 6) is 1.17. The zero-order chi connectivity index (χ0) is 28.9. The molecule has 3 aromatic carbocycles. The Labute approximate surface area is 241 Å². The monoisotopic (exact) mass is 570 g/mol. The van der Waals surface area contributed by atoms with Gasteiger partial charge >= 0.3 is 5.97 Å². The first kappa shape index (κ1) is 27.9. The molecule has 0 saturated carbocycles. The fraction of sp³-hybridized carbons (Fsp3) is 0.219. The van der Waals surface area contributed by atoms with E-state index in [1.807, 2.05) is 73.7 Å². The Kier molecular flexibility index (Phi) is 8.35. The van der Waals surface area contributed by atoms with Crippen LogP contribution in [0, 0.1) is 0 Å². The van der Waals surface area contributed by atoms with E-state index in [4.69, 9.17) is 23.9 Å². The number of rotatable bonds is 9. The summed E-state index contributed by atoms with van der Waals surface area (Å²) in [6.07, 6.45) is 1.81. The number of ether oxygens (including phenoxy) is 4. The van der Waals surface area contributed by atoms with Gasteiger partial charge < -0.3 is 18.9 Å². The van der Waals surface area contributed by atoms with Crippen molar-refractivity contribution in [3.8, 4) is 17.2 Å². The average molecular weight is 571 g/mol. The lowest BCUT2D eigenvalue weighted by Gasteiger charge is -2.26. The van der Waals surface area contributed by atoms with Crippen LogP contribution in [0.2, 0.25) is 0 Å². The van der Waals surface area contributed by atoms with Gasteiger partial charge in [0.05, 0.1) is 49.3 Å². The van der Waals surface area contributed by atoms with Crippen LogP contribution in [0.1, 0.15) is 36.6 Å². The highest BCUT2D eigenvalue weighted by molar-refractivity contribution is 7.07. The lowest BCUT2D eigenvalue weighted by Crippen LogP contribution is -2.40. The zero-order valence-electron chi connectivity index (χ0n) is 23.2. The van der Waals surface area contributed by atoms with E-state index in [0.717, 1.165) is 11.1 Å². The molecule has 4 aromatic rings. The van der Waals surface area contributed by atoms with Gasteiger partial charge in [0.15, 0.2) is 16.3 Å². The van der Waals surface area contributed by atoms with Gasteiger partial charge in [-0.15, -0.1) is 0 Å². The SMILES string of the molecule is CCOC(=O)C1=C(c2ccccc2)N=c2s/c(=C\c3cccc(OCC)c3)c(=O)n2[C@@H]1c1ccc(OC)c(OC)c1. The molecule has 8 nitrogen and oxygen atoms in total. The van der Waals surface area contributed by atoms with Gasteiger partial charge in [-0.3, -0.25) is 9.36 Å². The highest BCUT2D eigenvalue weighted by Gasteiger charge is 2.35. The summed E-state index contributed by atoms with van der Waals surface area (Å²) in [6.45, 7) is 4.38. The fourth-order valence-corrected chi connectivity index (χ4v) is 5.79. The molecule has 0 bridgehead atoms. The van der Waals surface area contributed by atoms with Crippen LogP contribution < -0.4 is 29.1 Å². The second-order valence-electron chi connectivity index (χ2n) is 9.05. The average Bonchev–Trinajstić information content (AvgIpc) is 3.30. The number of esters is 1. The van der Waals surface area contributed by atoms with Crippen molar-refractivity contribution in [2.24, 2.45) is 4.99 Å². The van der Waals surface area contributed by atoms with Crippen molar-refractivity contribution < 1.29 is 23.7 Å². The van der Waals surface area contributed by atoms with Gasteiger partial charge in [0.1, 0.15) is 5.75 Å². The maximum Gasteiger partial charge on any atom is 0.338 e. The summed E-state index contributed by atoms with van der Waals surface area (Å²) in [7, 11) is 3.10. The topological polar surface area (TPSA) is 88.4 Å². The molecule has 210 valence electrons. The van der Waals surface area contributed by atoms with Gasteiger partial charge in [-0.05, 0) is 55.3 Å². The van der Waals surface area contributed by atoms with E-state index in [2.05, 4.69) is 0 Å². The minimum atomic E-state index is -0.822. The Morgan fingerprint density at radius 3 is 2.44 bits per heavy atom. The lowest BCUT2D eigenvalue weighted by atomic mass is 9.93. The van der Waals surface area contributed by atoms with Crippen molar-refractivity contribution in [1.29, 1.82) is 0 Å². The van der Waals surface area contributed by atoms with Crippen LogP contribution in [0.4, 0.5) is 0 Å². The third-order valence-corrected chi connectivity index (χ3v) is 7.55. The number of fused-ring (bicyclic) bond motifs is 1. The summed E-state index contributed by atoms with van der Waals surface area (Å²) in [4.78, 5) is 33.1. The van der Waals surface area contributed by atoms with Crippen molar-refractivity contribution in [2.75, 3.05) is 27.4 Å². The van der Waals surface area contributed by atoms with E-state index in [1.165, 1.54) is 11.3 Å². The van der Waals surface area contributed by atoms with Crippen LogP contribution in [0.5, 0.6) is 17.2 Å². The molecular weight excluding hydrogens is 540 g/mol. The number of carbonyl (C=O) groups is 1. The molecule has 9 heteroatoms. The number of methoxy groups -OCH3 is 2. The first-order valence-corrected chi connectivity index (χ1v) is 14.0. The number of thiazole rings is 1. The quantitative estimate of drug-likeness (QED) is 0.278. The molecule has 0 unspecified atom stereocenters. The number of hydrogen-bond donors (Lipinski definition) is 0. The molecule has 1 atom stereocenters. The molecule has 0 radical (unpaired) electrons. The van der Waals surface area contributed by atoms with Crippen LogP contribution in [-0.2, 0) is 9.53 Å². The molecule has 2 heterocycles. The van der Waals surface area contributed by atoms with Gasteiger partial charge in [-0.25, -0.2) is 9.79 Å². The summed E-state index contributed by atoms with van der Waals surface area (Å²) in [6, 6.07) is 21.5. The van der Waals surface area contributed by atoms with Crippen molar-refractivity contribution in [1.82, 2.24) is 4.57 Å². The number of hydrogen-bond acceptors (Lipinski definition) is 8. The molecule has 0 N–H and O–H groups in total. The predicted molar refractivity (Wildman–Crippen MR) is 158 cm³/mol. The third kappa shape index (κ3) is 5.53. The van der Waals surface area contributed by atoms with Crippen molar-refractivity contribution >= 4 is 29.1 Å². The smallest absolute Gasteiger partial charge is 0.338 e. The highest BCUT2D eigenvalue weighted by atomic mass is 32.1. The molecule has 1 aromatic heterocycles. The molecule has 0 spiro atoms. The van der Waals surface area contributed by atoms with E-state index >= 15 is 0 Å². The lowest BCUT2D eigenvalue weighted by molar-refractivity contribution is -0.138. The number of carbonyl (C=O) groups excluding carboxylic acids is 1. The third-order valence-electron chi connectivity index (χ3n) is 6.56.